The lowest BCUT2D eigenvalue weighted by molar-refractivity contribution is 0.140. The molecule has 0 aromatic carbocycles. The molecule has 1 N–H and O–H groups in total. The molecule has 2 unspecified atom stereocenters. The molecule has 110 valence electrons. The van der Waals surface area contributed by atoms with Gasteiger partial charge < -0.3 is 10.2 Å². The van der Waals surface area contributed by atoms with E-state index in [1.807, 2.05) is 0 Å². The van der Waals surface area contributed by atoms with Crippen molar-refractivity contribution in [1.82, 2.24) is 10.2 Å². The van der Waals surface area contributed by atoms with Crippen LogP contribution in [0.5, 0.6) is 0 Å². The molecule has 0 aromatic heterocycles. The fourth-order valence-electron chi connectivity index (χ4n) is 2.50. The van der Waals surface area contributed by atoms with Crippen LogP contribution >= 0.6 is 0 Å². The van der Waals surface area contributed by atoms with Gasteiger partial charge in [-0.15, -0.1) is 0 Å². The Labute approximate surface area is 116 Å². The van der Waals surface area contributed by atoms with Gasteiger partial charge >= 0.3 is 0 Å². The topological polar surface area (TPSA) is 15.3 Å². The second kappa shape index (κ2) is 10.8. The van der Waals surface area contributed by atoms with E-state index < -0.39 is 0 Å². The summed E-state index contributed by atoms with van der Waals surface area (Å²) in [6.45, 7) is 18.7. The van der Waals surface area contributed by atoms with Gasteiger partial charge in [0.2, 0.25) is 0 Å². The standard InChI is InChI=1S/C16H36N2/c1-7-11-17-12-14(5)15(6)18(10-4)13-16(8-2)9-3/h14-17H,7-13H2,1-6H3. The van der Waals surface area contributed by atoms with Crippen LogP contribution in [-0.4, -0.2) is 37.1 Å². The maximum absolute atomic E-state index is 3.55. The summed E-state index contributed by atoms with van der Waals surface area (Å²) >= 11 is 0. The van der Waals surface area contributed by atoms with Crippen LogP contribution in [0.4, 0.5) is 0 Å². The molecule has 0 fully saturated rings. The average Bonchev–Trinajstić information content (AvgIpc) is 2.39. The van der Waals surface area contributed by atoms with E-state index in [0.717, 1.165) is 24.9 Å². The molecule has 0 saturated heterocycles. The summed E-state index contributed by atoms with van der Waals surface area (Å²) < 4.78 is 0. The molecule has 0 amide bonds. The van der Waals surface area contributed by atoms with E-state index in [2.05, 4.69) is 51.8 Å². The molecule has 0 aliphatic carbocycles. The Morgan fingerprint density at radius 3 is 2.06 bits per heavy atom. The van der Waals surface area contributed by atoms with Crippen molar-refractivity contribution < 1.29 is 0 Å². The number of nitrogens with zero attached hydrogens (tertiary/aromatic N) is 1. The van der Waals surface area contributed by atoms with Crippen LogP contribution < -0.4 is 5.32 Å². The number of hydrogen-bond acceptors (Lipinski definition) is 2. The molecule has 0 aliphatic heterocycles. The van der Waals surface area contributed by atoms with Gasteiger partial charge in [-0.25, -0.2) is 0 Å². The maximum Gasteiger partial charge on any atom is 0.0105 e. The summed E-state index contributed by atoms with van der Waals surface area (Å²) in [6, 6.07) is 0.681. The van der Waals surface area contributed by atoms with Gasteiger partial charge in [0.25, 0.3) is 0 Å². The van der Waals surface area contributed by atoms with Crippen LogP contribution in [-0.2, 0) is 0 Å². The Hall–Kier alpha value is -0.0800. The lowest BCUT2D eigenvalue weighted by Gasteiger charge is -2.34. The summed E-state index contributed by atoms with van der Waals surface area (Å²) in [7, 11) is 0. The molecule has 2 atom stereocenters. The van der Waals surface area contributed by atoms with E-state index >= 15 is 0 Å². The van der Waals surface area contributed by atoms with Gasteiger partial charge in [0.15, 0.2) is 0 Å². The van der Waals surface area contributed by atoms with Crippen LogP contribution in [0.2, 0.25) is 0 Å². The molecule has 0 rings (SSSR count). The van der Waals surface area contributed by atoms with Crippen LogP contribution in [0.25, 0.3) is 0 Å². The Bertz CT molecular complexity index is 178. The molecule has 0 saturated carbocycles. The maximum atomic E-state index is 3.55. The van der Waals surface area contributed by atoms with E-state index in [-0.39, 0.29) is 0 Å². The first-order valence-electron chi connectivity index (χ1n) is 8.05. The van der Waals surface area contributed by atoms with E-state index in [9.17, 15) is 0 Å². The van der Waals surface area contributed by atoms with E-state index in [1.54, 1.807) is 0 Å². The Morgan fingerprint density at radius 1 is 1.00 bits per heavy atom. The summed E-state index contributed by atoms with van der Waals surface area (Å²) in [5.74, 6) is 1.59. The van der Waals surface area contributed by atoms with Crippen molar-refractivity contribution in [3.8, 4) is 0 Å². The molecular formula is C16H36N2. The van der Waals surface area contributed by atoms with Gasteiger partial charge in [-0.2, -0.15) is 0 Å². The van der Waals surface area contributed by atoms with Crippen molar-refractivity contribution >= 4 is 0 Å². The first kappa shape index (κ1) is 17.9. The molecule has 0 radical (unpaired) electrons. The smallest absolute Gasteiger partial charge is 0.0105 e. The average molecular weight is 256 g/mol. The van der Waals surface area contributed by atoms with Crippen molar-refractivity contribution in [3.05, 3.63) is 0 Å². The third kappa shape index (κ3) is 6.75. The van der Waals surface area contributed by atoms with E-state index in [0.29, 0.717) is 6.04 Å². The van der Waals surface area contributed by atoms with Crippen molar-refractivity contribution in [2.75, 3.05) is 26.2 Å². The van der Waals surface area contributed by atoms with Gasteiger partial charge in [-0.05, 0) is 44.8 Å². The summed E-state index contributed by atoms with van der Waals surface area (Å²) in [5.41, 5.74) is 0. The minimum absolute atomic E-state index is 0.681. The number of hydrogen-bond donors (Lipinski definition) is 1. The van der Waals surface area contributed by atoms with Gasteiger partial charge in [0.1, 0.15) is 0 Å². The molecular weight excluding hydrogens is 220 g/mol. The minimum atomic E-state index is 0.681. The summed E-state index contributed by atoms with van der Waals surface area (Å²) in [5, 5.41) is 3.55. The van der Waals surface area contributed by atoms with Gasteiger partial charge in [-0.3, -0.25) is 0 Å². The lowest BCUT2D eigenvalue weighted by atomic mass is 9.98. The van der Waals surface area contributed by atoms with Crippen molar-refractivity contribution in [1.29, 1.82) is 0 Å². The van der Waals surface area contributed by atoms with Gasteiger partial charge in [0, 0.05) is 12.6 Å². The zero-order valence-corrected chi connectivity index (χ0v) is 13.6. The van der Waals surface area contributed by atoms with Crippen LogP contribution in [0.15, 0.2) is 0 Å². The minimum Gasteiger partial charge on any atom is -0.316 e. The van der Waals surface area contributed by atoms with Gasteiger partial charge in [0.05, 0.1) is 0 Å². The van der Waals surface area contributed by atoms with Crippen molar-refractivity contribution in [3.63, 3.8) is 0 Å². The third-order valence-corrected chi connectivity index (χ3v) is 4.35. The SMILES string of the molecule is CCCNCC(C)C(C)N(CC)CC(CC)CC. The second-order valence-electron chi connectivity index (χ2n) is 5.69. The quantitative estimate of drug-likeness (QED) is 0.566. The van der Waals surface area contributed by atoms with Crippen LogP contribution in [0.3, 0.4) is 0 Å². The Kier molecular flexibility index (Phi) is 10.8. The third-order valence-electron chi connectivity index (χ3n) is 4.35. The molecule has 0 aromatic rings. The number of rotatable bonds is 11. The Balaban J connectivity index is 4.18. The highest BCUT2D eigenvalue weighted by Gasteiger charge is 2.20. The van der Waals surface area contributed by atoms with E-state index in [4.69, 9.17) is 0 Å². The van der Waals surface area contributed by atoms with E-state index in [1.165, 1.54) is 32.4 Å². The number of nitrogens with one attached hydrogen (secondary N) is 1. The molecule has 0 aliphatic rings. The summed E-state index contributed by atoms with van der Waals surface area (Å²) in [4.78, 5) is 2.66. The molecule has 0 heterocycles. The predicted molar refractivity (Wildman–Crippen MR) is 83.1 cm³/mol. The first-order valence-corrected chi connectivity index (χ1v) is 8.05. The molecule has 18 heavy (non-hydrogen) atoms. The normalized spacial score (nSPS) is 15.3. The van der Waals surface area contributed by atoms with Gasteiger partial charge in [-0.1, -0.05) is 47.5 Å². The highest BCUT2D eigenvalue weighted by atomic mass is 15.2. The zero-order chi connectivity index (χ0) is 14.0. The largest absolute Gasteiger partial charge is 0.316 e. The fourth-order valence-corrected chi connectivity index (χ4v) is 2.50. The highest BCUT2D eigenvalue weighted by molar-refractivity contribution is 4.75. The van der Waals surface area contributed by atoms with Crippen molar-refractivity contribution in [2.24, 2.45) is 11.8 Å². The summed E-state index contributed by atoms with van der Waals surface area (Å²) in [6.07, 6.45) is 3.84. The monoisotopic (exact) mass is 256 g/mol. The molecule has 2 heteroatoms. The van der Waals surface area contributed by atoms with Crippen LogP contribution in [0.1, 0.15) is 60.8 Å². The second-order valence-corrected chi connectivity index (χ2v) is 5.69. The highest BCUT2D eigenvalue weighted by Crippen LogP contribution is 2.16. The Morgan fingerprint density at radius 2 is 1.61 bits per heavy atom. The van der Waals surface area contributed by atoms with Crippen molar-refractivity contribution in [2.45, 2.75) is 66.8 Å². The first-order chi connectivity index (χ1) is 8.60. The fraction of sp³-hybridized carbons (Fsp3) is 1.00. The predicted octanol–water partition coefficient (Wildman–Crippen LogP) is 3.77. The molecule has 2 nitrogen and oxygen atoms in total. The zero-order valence-electron chi connectivity index (χ0n) is 13.6. The molecule has 0 spiro atoms. The van der Waals surface area contributed by atoms with Crippen LogP contribution in [0, 0.1) is 11.8 Å². The molecule has 0 bridgehead atoms. The lowest BCUT2D eigenvalue weighted by Crippen LogP contribution is -2.43.